The van der Waals surface area contributed by atoms with E-state index in [9.17, 15) is 13.6 Å². The number of thioether (sulfide) groups is 1. The van der Waals surface area contributed by atoms with E-state index in [-0.39, 0.29) is 11.7 Å². The van der Waals surface area contributed by atoms with Crippen LogP contribution in [0.25, 0.3) is 11.1 Å². The van der Waals surface area contributed by atoms with Crippen LogP contribution in [0.5, 0.6) is 11.5 Å². The van der Waals surface area contributed by atoms with Crippen molar-refractivity contribution in [2.24, 2.45) is 0 Å². The van der Waals surface area contributed by atoms with Crippen LogP contribution < -0.4 is 14.8 Å². The number of hydrogen-bond donors (Lipinski definition) is 1. The van der Waals surface area contributed by atoms with E-state index in [1.165, 1.54) is 31.0 Å². The number of benzene rings is 3. The van der Waals surface area contributed by atoms with Crippen LogP contribution in [0.1, 0.15) is 22.1 Å². The highest BCUT2D eigenvalue weighted by molar-refractivity contribution is 7.98. The summed E-state index contributed by atoms with van der Waals surface area (Å²) in [4.78, 5) is 18.0. The summed E-state index contributed by atoms with van der Waals surface area (Å²) in [6, 6.07) is 18.5. The minimum atomic E-state index is -2.99. The van der Waals surface area contributed by atoms with Gasteiger partial charge in [-0.2, -0.15) is 13.8 Å². The van der Waals surface area contributed by atoms with Crippen LogP contribution in [0.3, 0.4) is 0 Å². The molecule has 1 amide bonds. The number of anilines is 1. The van der Waals surface area contributed by atoms with Gasteiger partial charge in [-0.1, -0.05) is 29.4 Å². The highest BCUT2D eigenvalue weighted by atomic mass is 32.2. The molecule has 0 bridgehead atoms. The van der Waals surface area contributed by atoms with Gasteiger partial charge in [0.05, 0.1) is 18.4 Å². The van der Waals surface area contributed by atoms with Gasteiger partial charge in [0.25, 0.3) is 5.91 Å². The average molecular weight is 498 g/mol. The van der Waals surface area contributed by atoms with Crippen LogP contribution in [-0.2, 0) is 5.75 Å². The lowest BCUT2D eigenvalue weighted by atomic mass is 10.0. The van der Waals surface area contributed by atoms with Gasteiger partial charge in [-0.05, 0) is 55.0 Å². The summed E-state index contributed by atoms with van der Waals surface area (Å²) < 4.78 is 40.9. The molecule has 0 atom stereocenters. The zero-order chi connectivity index (χ0) is 24.8. The lowest BCUT2D eigenvalue weighted by Crippen LogP contribution is -2.13. The number of amides is 1. The zero-order valence-corrected chi connectivity index (χ0v) is 19.6. The smallest absolute Gasteiger partial charge is 0.387 e. The molecule has 10 heteroatoms. The first-order chi connectivity index (χ1) is 16.9. The molecule has 0 aliphatic heterocycles. The molecule has 180 valence electrons. The third-order valence-electron chi connectivity index (χ3n) is 4.91. The van der Waals surface area contributed by atoms with Crippen molar-refractivity contribution in [3.8, 4) is 22.6 Å². The van der Waals surface area contributed by atoms with Crippen molar-refractivity contribution in [1.29, 1.82) is 0 Å². The summed E-state index contributed by atoms with van der Waals surface area (Å²) >= 11 is 1.39. The number of aryl methyl sites for hydroxylation is 1. The second-order valence-corrected chi connectivity index (χ2v) is 8.31. The minimum absolute atomic E-state index is 0.00558. The largest absolute Gasteiger partial charge is 0.497 e. The Kier molecular flexibility index (Phi) is 7.61. The van der Waals surface area contributed by atoms with Gasteiger partial charge in [0.15, 0.2) is 5.82 Å². The molecule has 0 radical (unpaired) electrons. The third-order valence-corrected chi connectivity index (χ3v) is 5.97. The maximum absolute atomic E-state index is 13.1. The number of nitrogens with one attached hydrogen (secondary N) is 1. The number of aromatic nitrogens is 2. The highest BCUT2D eigenvalue weighted by Crippen LogP contribution is 2.35. The molecule has 1 aromatic heterocycles. The first-order valence-corrected chi connectivity index (χ1v) is 11.5. The molecule has 0 saturated heterocycles. The number of ether oxygens (including phenoxy) is 2. The summed E-state index contributed by atoms with van der Waals surface area (Å²) in [5.74, 6) is 1.68. The molecule has 3 aromatic carbocycles. The monoisotopic (exact) mass is 497 g/mol. The lowest BCUT2D eigenvalue weighted by molar-refractivity contribution is -0.0494. The van der Waals surface area contributed by atoms with E-state index in [1.807, 2.05) is 12.1 Å². The average Bonchev–Trinajstić information content (AvgIpc) is 3.28. The Morgan fingerprint density at radius 3 is 2.57 bits per heavy atom. The first kappa shape index (κ1) is 24.2. The van der Waals surface area contributed by atoms with E-state index in [0.29, 0.717) is 45.6 Å². The van der Waals surface area contributed by atoms with Crippen molar-refractivity contribution < 1.29 is 27.6 Å². The summed E-state index contributed by atoms with van der Waals surface area (Å²) in [5.41, 5.74) is 1.91. The number of rotatable bonds is 9. The Labute approximate surface area is 204 Å². The van der Waals surface area contributed by atoms with E-state index in [1.54, 1.807) is 49.4 Å². The molecule has 0 saturated carbocycles. The molecule has 4 rings (SSSR count). The number of alkyl halides is 2. The predicted octanol–water partition coefficient (Wildman–Crippen LogP) is 6.20. The van der Waals surface area contributed by atoms with Gasteiger partial charge >= 0.3 is 6.61 Å². The van der Waals surface area contributed by atoms with E-state index >= 15 is 0 Å². The summed E-state index contributed by atoms with van der Waals surface area (Å²) in [6.07, 6.45) is 0. The SMILES string of the molecule is COc1ccc(-c2cc(NC(=O)c3ccccc3SCc3nc(C)no3)ccc2OC(F)F)cc1. The molecular weight excluding hydrogens is 476 g/mol. The Bertz CT molecular complexity index is 1310. The van der Waals surface area contributed by atoms with Gasteiger partial charge in [0.2, 0.25) is 5.89 Å². The number of methoxy groups -OCH3 is 1. The van der Waals surface area contributed by atoms with Crippen LogP contribution in [0.15, 0.2) is 76.1 Å². The summed E-state index contributed by atoms with van der Waals surface area (Å²) in [7, 11) is 1.54. The number of carbonyl (C=O) groups is 1. The second-order valence-electron chi connectivity index (χ2n) is 7.29. The molecule has 0 unspecified atom stereocenters. The van der Waals surface area contributed by atoms with E-state index in [0.717, 1.165) is 4.90 Å². The fourth-order valence-corrected chi connectivity index (χ4v) is 4.21. The van der Waals surface area contributed by atoms with Gasteiger partial charge in [-0.15, -0.1) is 11.8 Å². The van der Waals surface area contributed by atoms with Crippen molar-refractivity contribution in [1.82, 2.24) is 10.1 Å². The van der Waals surface area contributed by atoms with Crippen molar-refractivity contribution in [2.45, 2.75) is 24.2 Å². The number of halogens is 2. The van der Waals surface area contributed by atoms with Crippen molar-refractivity contribution in [3.63, 3.8) is 0 Å². The first-order valence-electron chi connectivity index (χ1n) is 10.5. The molecule has 1 N–H and O–H groups in total. The van der Waals surface area contributed by atoms with Crippen LogP contribution in [0, 0.1) is 6.92 Å². The number of hydrogen-bond acceptors (Lipinski definition) is 7. The zero-order valence-electron chi connectivity index (χ0n) is 18.8. The summed E-state index contributed by atoms with van der Waals surface area (Å²) in [5, 5.41) is 6.61. The molecule has 1 heterocycles. The molecule has 0 fully saturated rings. The third kappa shape index (κ3) is 6.15. The molecule has 0 aliphatic rings. The molecule has 35 heavy (non-hydrogen) atoms. The van der Waals surface area contributed by atoms with Crippen LogP contribution in [-0.4, -0.2) is 29.8 Å². The van der Waals surface area contributed by atoms with Gasteiger partial charge in [0, 0.05) is 16.1 Å². The maximum atomic E-state index is 13.1. The molecule has 4 aromatic rings. The van der Waals surface area contributed by atoms with Crippen molar-refractivity contribution in [3.05, 3.63) is 84.0 Å². The van der Waals surface area contributed by atoms with Gasteiger partial charge < -0.3 is 19.3 Å². The van der Waals surface area contributed by atoms with Gasteiger partial charge in [-0.3, -0.25) is 4.79 Å². The maximum Gasteiger partial charge on any atom is 0.387 e. The Balaban J connectivity index is 1.57. The molecule has 0 aliphatic carbocycles. The Morgan fingerprint density at radius 2 is 1.89 bits per heavy atom. The number of nitrogens with zero attached hydrogens (tertiary/aromatic N) is 2. The normalized spacial score (nSPS) is 10.9. The van der Waals surface area contributed by atoms with Crippen LogP contribution >= 0.6 is 11.8 Å². The fourth-order valence-electron chi connectivity index (χ4n) is 3.32. The quantitative estimate of drug-likeness (QED) is 0.276. The van der Waals surface area contributed by atoms with Gasteiger partial charge in [-0.25, -0.2) is 0 Å². The van der Waals surface area contributed by atoms with E-state index < -0.39 is 6.61 Å². The lowest BCUT2D eigenvalue weighted by Gasteiger charge is -2.14. The Hall–Kier alpha value is -3.92. The predicted molar refractivity (Wildman–Crippen MR) is 128 cm³/mol. The second kappa shape index (κ2) is 11.0. The number of carbonyl (C=O) groups excluding carboxylic acids is 1. The molecule has 0 spiro atoms. The molecule has 7 nitrogen and oxygen atoms in total. The van der Waals surface area contributed by atoms with E-state index in [4.69, 9.17) is 14.0 Å². The Morgan fingerprint density at radius 1 is 1.11 bits per heavy atom. The van der Waals surface area contributed by atoms with Crippen LogP contribution in [0.2, 0.25) is 0 Å². The van der Waals surface area contributed by atoms with Crippen LogP contribution in [0.4, 0.5) is 14.5 Å². The summed E-state index contributed by atoms with van der Waals surface area (Å²) in [6.45, 7) is -1.25. The van der Waals surface area contributed by atoms with E-state index in [2.05, 4.69) is 15.5 Å². The standard InChI is InChI=1S/C25H21F2N3O4S/c1-15-28-23(34-30-15)14-35-22-6-4-3-5-19(22)24(31)29-17-9-12-21(33-25(26)27)20(13-17)16-7-10-18(32-2)11-8-16/h3-13,25H,14H2,1-2H3,(H,29,31). The molecular formula is C25H21F2N3O4S. The van der Waals surface area contributed by atoms with Gasteiger partial charge in [0.1, 0.15) is 11.5 Å². The van der Waals surface area contributed by atoms with Crippen molar-refractivity contribution >= 4 is 23.4 Å². The highest BCUT2D eigenvalue weighted by Gasteiger charge is 2.16. The minimum Gasteiger partial charge on any atom is -0.497 e. The van der Waals surface area contributed by atoms with Crippen molar-refractivity contribution in [2.75, 3.05) is 12.4 Å². The fraction of sp³-hybridized carbons (Fsp3) is 0.160. The topological polar surface area (TPSA) is 86.5 Å².